The van der Waals surface area contributed by atoms with E-state index in [-0.39, 0.29) is 11.9 Å². The molecule has 1 aliphatic heterocycles. The lowest BCUT2D eigenvalue weighted by Crippen LogP contribution is -2.38. The molecule has 214 valence electrons. The fourth-order valence-electron chi connectivity index (χ4n) is 5.02. The third kappa shape index (κ3) is 6.30. The number of amides is 2. The van der Waals surface area contributed by atoms with Crippen molar-refractivity contribution in [2.75, 3.05) is 47.2 Å². The Labute approximate surface area is 240 Å². The molecule has 0 aliphatic carbocycles. The Morgan fingerprint density at radius 3 is 2.44 bits per heavy atom. The normalized spacial score (nSPS) is 14.5. The number of hydrogen-bond donors (Lipinski definition) is 3. The predicted molar refractivity (Wildman–Crippen MR) is 164 cm³/mol. The molecule has 5 rings (SSSR count). The molecule has 1 atom stereocenters. The van der Waals surface area contributed by atoms with Crippen molar-refractivity contribution in [3.05, 3.63) is 84.1 Å². The minimum atomic E-state index is -0.659. The van der Waals surface area contributed by atoms with Gasteiger partial charge in [-0.25, -0.2) is 4.79 Å². The zero-order valence-electron chi connectivity index (χ0n) is 23.9. The summed E-state index contributed by atoms with van der Waals surface area (Å²) in [6, 6.07) is 20.2. The van der Waals surface area contributed by atoms with Crippen molar-refractivity contribution in [3.8, 4) is 0 Å². The number of benzene rings is 3. The van der Waals surface area contributed by atoms with Crippen molar-refractivity contribution in [1.82, 2.24) is 4.98 Å². The SMILES string of the molecule is CC(c1c[nH]c2cc(C(=O)Nc3ccccc3N)ccc12)N(C(=O)OC(C)(C)C)c1ccc(N2CCOCC2)cc1. The zero-order chi connectivity index (χ0) is 29.1. The number of nitrogens with zero attached hydrogens (tertiary/aromatic N) is 2. The topological polar surface area (TPSA) is 113 Å². The van der Waals surface area contributed by atoms with Gasteiger partial charge in [0.15, 0.2) is 0 Å². The van der Waals surface area contributed by atoms with E-state index in [1.165, 1.54) is 0 Å². The second-order valence-electron chi connectivity index (χ2n) is 11.2. The Balaban J connectivity index is 1.43. The second kappa shape index (κ2) is 11.5. The van der Waals surface area contributed by atoms with E-state index >= 15 is 0 Å². The summed E-state index contributed by atoms with van der Waals surface area (Å²) in [5, 5.41) is 3.78. The summed E-state index contributed by atoms with van der Waals surface area (Å²) in [6.07, 6.45) is 1.45. The maximum absolute atomic E-state index is 13.6. The van der Waals surface area contributed by atoms with E-state index in [1.54, 1.807) is 29.2 Å². The third-order valence-electron chi connectivity index (χ3n) is 7.12. The molecule has 9 nitrogen and oxygen atoms in total. The number of nitrogens with two attached hydrogens (primary N) is 1. The second-order valence-corrected chi connectivity index (χ2v) is 11.2. The summed E-state index contributed by atoms with van der Waals surface area (Å²) >= 11 is 0. The average molecular weight is 556 g/mol. The van der Waals surface area contributed by atoms with Gasteiger partial charge in [0.05, 0.1) is 30.6 Å². The number of morpholine rings is 1. The van der Waals surface area contributed by atoms with Crippen molar-refractivity contribution in [1.29, 1.82) is 0 Å². The minimum absolute atomic E-state index is 0.260. The maximum Gasteiger partial charge on any atom is 0.415 e. The first-order valence-electron chi connectivity index (χ1n) is 13.8. The highest BCUT2D eigenvalue weighted by Gasteiger charge is 2.30. The standard InChI is InChI=1S/C32H37N5O4/c1-21(26-20-34-29-19-22(9-14-25(26)29)30(38)35-28-8-6-5-7-27(28)33)37(31(39)41-32(2,3)4)24-12-10-23(11-13-24)36-15-17-40-18-16-36/h5-14,19-21,34H,15-18,33H2,1-4H3,(H,35,38). The van der Waals surface area contributed by atoms with Crippen molar-refractivity contribution < 1.29 is 19.1 Å². The van der Waals surface area contributed by atoms with Gasteiger partial charge in [-0.3, -0.25) is 9.69 Å². The third-order valence-corrected chi connectivity index (χ3v) is 7.12. The molecule has 4 N–H and O–H groups in total. The van der Waals surface area contributed by atoms with Gasteiger partial charge in [-0.15, -0.1) is 0 Å². The molecule has 0 spiro atoms. The number of para-hydroxylation sites is 2. The average Bonchev–Trinajstić information content (AvgIpc) is 3.38. The predicted octanol–water partition coefficient (Wildman–Crippen LogP) is 6.34. The Morgan fingerprint density at radius 1 is 1.05 bits per heavy atom. The van der Waals surface area contributed by atoms with E-state index in [0.29, 0.717) is 30.2 Å². The number of nitrogen functional groups attached to an aromatic ring is 1. The van der Waals surface area contributed by atoms with Crippen LogP contribution in [-0.4, -0.2) is 48.9 Å². The Kier molecular flexibility index (Phi) is 7.90. The number of aromatic nitrogens is 1. The monoisotopic (exact) mass is 555 g/mol. The first-order valence-corrected chi connectivity index (χ1v) is 13.8. The van der Waals surface area contributed by atoms with Gasteiger partial charge in [0.1, 0.15) is 5.60 Å². The summed E-state index contributed by atoms with van der Waals surface area (Å²) < 4.78 is 11.3. The molecule has 41 heavy (non-hydrogen) atoms. The van der Waals surface area contributed by atoms with Crippen LogP contribution >= 0.6 is 0 Å². The van der Waals surface area contributed by atoms with Crippen LogP contribution in [0.3, 0.4) is 0 Å². The molecule has 3 aromatic carbocycles. The summed E-state index contributed by atoms with van der Waals surface area (Å²) in [4.78, 5) is 33.7. The molecule has 1 fully saturated rings. The van der Waals surface area contributed by atoms with Crippen LogP contribution in [0.15, 0.2) is 72.9 Å². The molecule has 2 heterocycles. The van der Waals surface area contributed by atoms with Crippen LogP contribution in [0.5, 0.6) is 0 Å². The van der Waals surface area contributed by atoms with Gasteiger partial charge in [-0.05, 0) is 76.2 Å². The van der Waals surface area contributed by atoms with Crippen LogP contribution in [0.25, 0.3) is 10.9 Å². The lowest BCUT2D eigenvalue weighted by Gasteiger charge is -2.33. The molecule has 9 heteroatoms. The van der Waals surface area contributed by atoms with Crippen LogP contribution in [0, 0.1) is 0 Å². The van der Waals surface area contributed by atoms with Crippen molar-refractivity contribution in [2.24, 2.45) is 0 Å². The van der Waals surface area contributed by atoms with Crippen LogP contribution in [0.2, 0.25) is 0 Å². The van der Waals surface area contributed by atoms with Crippen LogP contribution in [-0.2, 0) is 9.47 Å². The van der Waals surface area contributed by atoms with Gasteiger partial charge in [0, 0.05) is 52.7 Å². The number of H-pyrrole nitrogens is 1. The van der Waals surface area contributed by atoms with E-state index in [2.05, 4.69) is 15.2 Å². The summed E-state index contributed by atoms with van der Waals surface area (Å²) in [7, 11) is 0. The van der Waals surface area contributed by atoms with Crippen LogP contribution in [0.1, 0.15) is 49.7 Å². The number of rotatable bonds is 6. The molecule has 1 unspecified atom stereocenters. The smallest absolute Gasteiger partial charge is 0.415 e. The van der Waals surface area contributed by atoms with E-state index < -0.39 is 11.7 Å². The highest BCUT2D eigenvalue weighted by atomic mass is 16.6. The van der Waals surface area contributed by atoms with Crippen molar-refractivity contribution in [3.63, 3.8) is 0 Å². The number of fused-ring (bicyclic) bond motifs is 1. The number of anilines is 4. The number of carbonyl (C=O) groups excluding carboxylic acids is 2. The Bertz CT molecular complexity index is 1530. The lowest BCUT2D eigenvalue weighted by molar-refractivity contribution is 0.0567. The summed E-state index contributed by atoms with van der Waals surface area (Å²) in [5.41, 5.74) is 10.4. The molecule has 1 aliphatic rings. The Morgan fingerprint density at radius 2 is 1.76 bits per heavy atom. The number of aromatic amines is 1. The molecular formula is C32H37N5O4. The van der Waals surface area contributed by atoms with Gasteiger partial charge in [-0.2, -0.15) is 0 Å². The van der Waals surface area contributed by atoms with Crippen LogP contribution < -0.4 is 20.9 Å². The summed E-state index contributed by atoms with van der Waals surface area (Å²) in [6.45, 7) is 10.6. The van der Waals surface area contributed by atoms with Crippen molar-refractivity contribution >= 4 is 45.7 Å². The van der Waals surface area contributed by atoms with E-state index in [4.69, 9.17) is 15.2 Å². The molecule has 1 aromatic heterocycles. The van der Waals surface area contributed by atoms with E-state index in [0.717, 1.165) is 40.9 Å². The quantitative estimate of drug-likeness (QED) is 0.239. The zero-order valence-corrected chi connectivity index (χ0v) is 23.9. The van der Waals surface area contributed by atoms with Crippen LogP contribution in [0.4, 0.5) is 27.5 Å². The molecule has 0 radical (unpaired) electrons. The fourth-order valence-corrected chi connectivity index (χ4v) is 5.02. The lowest BCUT2D eigenvalue weighted by atomic mass is 10.0. The van der Waals surface area contributed by atoms with Gasteiger partial charge in [0.2, 0.25) is 0 Å². The number of nitrogens with one attached hydrogen (secondary N) is 2. The molecule has 2 amide bonds. The number of carbonyl (C=O) groups is 2. The molecule has 0 saturated carbocycles. The molecule has 0 bridgehead atoms. The van der Waals surface area contributed by atoms with Crippen molar-refractivity contribution in [2.45, 2.75) is 39.3 Å². The van der Waals surface area contributed by atoms with Gasteiger partial charge >= 0.3 is 6.09 Å². The summed E-state index contributed by atoms with van der Waals surface area (Å²) in [5.74, 6) is -0.260. The van der Waals surface area contributed by atoms with E-state index in [9.17, 15) is 9.59 Å². The highest BCUT2D eigenvalue weighted by Crippen LogP contribution is 2.34. The van der Waals surface area contributed by atoms with Gasteiger partial charge in [0.25, 0.3) is 5.91 Å². The number of ether oxygens (including phenoxy) is 2. The molecular weight excluding hydrogens is 518 g/mol. The highest BCUT2D eigenvalue weighted by molar-refractivity contribution is 6.07. The Hall–Kier alpha value is -4.50. The maximum atomic E-state index is 13.6. The minimum Gasteiger partial charge on any atom is -0.443 e. The van der Waals surface area contributed by atoms with E-state index in [1.807, 2.05) is 76.4 Å². The first-order chi connectivity index (χ1) is 19.6. The largest absolute Gasteiger partial charge is 0.443 e. The van der Waals surface area contributed by atoms with Gasteiger partial charge < -0.3 is 30.4 Å². The van der Waals surface area contributed by atoms with Gasteiger partial charge in [-0.1, -0.05) is 18.2 Å². The molecule has 4 aromatic rings. The first kappa shape index (κ1) is 28.0. The number of hydrogen-bond acceptors (Lipinski definition) is 6. The molecule has 1 saturated heterocycles. The fraction of sp³-hybridized carbons (Fsp3) is 0.312.